The summed E-state index contributed by atoms with van der Waals surface area (Å²) in [5.41, 5.74) is 1.63. The maximum absolute atomic E-state index is 14.0. The van der Waals surface area contributed by atoms with Gasteiger partial charge in [-0.05, 0) is 109 Å². The Bertz CT molecular complexity index is 2140. The highest BCUT2D eigenvalue weighted by molar-refractivity contribution is 5.85. The summed E-state index contributed by atoms with van der Waals surface area (Å²) in [6.07, 6.45) is -1.08. The first-order valence-electron chi connectivity index (χ1n) is 24.2. The monoisotopic (exact) mass is 944 g/mol. The van der Waals surface area contributed by atoms with Gasteiger partial charge < -0.3 is 39.7 Å². The van der Waals surface area contributed by atoms with Crippen LogP contribution in [-0.4, -0.2) is 75.0 Å². The van der Waals surface area contributed by atoms with E-state index >= 15 is 0 Å². The van der Waals surface area contributed by atoms with E-state index in [9.17, 15) is 35.1 Å². The molecule has 1 atom stereocenters. The Morgan fingerprint density at radius 3 is 1.09 bits per heavy atom. The number of rotatable bonds is 14. The van der Waals surface area contributed by atoms with E-state index in [0.717, 1.165) is 50.1 Å². The molecule has 11 heteroatoms. The first-order chi connectivity index (χ1) is 30.8. The lowest BCUT2D eigenvalue weighted by molar-refractivity contribution is -0.200. The van der Waals surface area contributed by atoms with Crippen LogP contribution in [-0.2, 0) is 75.6 Å². The summed E-state index contributed by atoms with van der Waals surface area (Å²) < 4.78 is 18.5. The summed E-state index contributed by atoms with van der Waals surface area (Å²) in [5.74, 6) is -0.610. The maximum atomic E-state index is 14.0. The van der Waals surface area contributed by atoms with Crippen LogP contribution in [0.5, 0.6) is 17.2 Å². The molecule has 0 bridgehead atoms. The van der Waals surface area contributed by atoms with Crippen LogP contribution < -0.4 is 0 Å². The van der Waals surface area contributed by atoms with Crippen molar-refractivity contribution in [3.05, 3.63) is 86.5 Å². The van der Waals surface area contributed by atoms with Gasteiger partial charge in [0.1, 0.15) is 23.9 Å². The number of hydrogen-bond acceptors (Lipinski definition) is 11. The van der Waals surface area contributed by atoms with E-state index in [-0.39, 0.29) is 83.5 Å². The number of benzene rings is 3. The molecule has 4 rings (SSSR count). The fourth-order valence-corrected chi connectivity index (χ4v) is 8.70. The quantitative estimate of drug-likeness (QED) is 0.0773. The molecular formula is C57H85NO10. The Morgan fingerprint density at radius 2 is 0.824 bits per heavy atom. The second kappa shape index (κ2) is 19.6. The van der Waals surface area contributed by atoms with Crippen molar-refractivity contribution in [1.82, 2.24) is 0 Å². The van der Waals surface area contributed by atoms with Crippen LogP contribution in [0, 0.1) is 5.41 Å². The average molecular weight is 944 g/mol. The minimum Gasteiger partial charge on any atom is -0.507 e. The molecule has 3 aromatic rings. The predicted molar refractivity (Wildman–Crippen MR) is 271 cm³/mol. The van der Waals surface area contributed by atoms with Gasteiger partial charge in [0.25, 0.3) is 6.29 Å². The van der Waals surface area contributed by atoms with Crippen LogP contribution in [0.3, 0.4) is 0 Å². The normalized spacial score (nSPS) is 16.5. The van der Waals surface area contributed by atoms with E-state index in [1.54, 1.807) is 6.92 Å². The molecule has 3 aromatic carbocycles. The van der Waals surface area contributed by atoms with E-state index < -0.39 is 53.2 Å². The van der Waals surface area contributed by atoms with Crippen LogP contribution in [0.25, 0.3) is 0 Å². The highest BCUT2D eigenvalue weighted by Crippen LogP contribution is 2.44. The van der Waals surface area contributed by atoms with Crippen molar-refractivity contribution in [2.75, 3.05) is 19.8 Å². The number of carbonyl (C=O) groups excluding carboxylic acids is 2. The molecule has 1 heterocycles. The summed E-state index contributed by atoms with van der Waals surface area (Å²) in [7, 11) is 0. The number of aromatic hydroxyl groups is 3. The average Bonchev–Trinajstić information content (AvgIpc) is 3.60. The number of esters is 2. The number of phenols is 3. The minimum absolute atomic E-state index is 0.0202. The predicted octanol–water partition coefficient (Wildman–Crippen LogP) is 11.0. The fraction of sp³-hybridized carbons (Fsp3) is 0.632. The molecule has 0 saturated carbocycles. The molecule has 0 spiro atoms. The highest BCUT2D eigenvalue weighted by Gasteiger charge is 2.50. The zero-order valence-corrected chi connectivity index (χ0v) is 44.9. The van der Waals surface area contributed by atoms with Crippen LogP contribution in [0.4, 0.5) is 0 Å². The molecule has 378 valence electrons. The topological polar surface area (TPSA) is 175 Å². The van der Waals surface area contributed by atoms with Crippen molar-refractivity contribution >= 4 is 17.8 Å². The van der Waals surface area contributed by atoms with Crippen molar-refractivity contribution in [1.29, 1.82) is 0 Å². The lowest BCUT2D eigenvalue weighted by Gasteiger charge is -2.32. The molecule has 68 heavy (non-hydrogen) atoms. The molecular weight excluding hydrogens is 859 g/mol. The molecule has 1 aliphatic heterocycles. The molecule has 5 N–H and O–H groups in total. The smallest absolute Gasteiger partial charge is 0.309 e. The third-order valence-corrected chi connectivity index (χ3v) is 13.0. The standard InChI is InChI=1S/C57H85NO10/c1-50(2,3)37-24-34(25-38(45(37)63)51(4,5)6)20-22-43(61)67-49(68-44(62)23-21-35-26-39(52(7,8)9)46(64)40(27-35)53(10,11)12)56(19)33-66-48(58-56)57(31-59,32-60)30-36-28-41(54(13,14)15)47(65)42(29-36)55(16,17)18/h24-29,49,59-60,63-65H,20-23,30-33H2,1-19H3. The number of nitrogens with zero attached hydrogens (tertiary/aromatic N) is 1. The third kappa shape index (κ3) is 13.0. The van der Waals surface area contributed by atoms with Crippen molar-refractivity contribution in [3.8, 4) is 17.2 Å². The third-order valence-electron chi connectivity index (χ3n) is 13.0. The van der Waals surface area contributed by atoms with Crippen molar-refractivity contribution in [3.63, 3.8) is 0 Å². The van der Waals surface area contributed by atoms with Crippen LogP contribution in [0.2, 0.25) is 0 Å². The highest BCUT2D eigenvalue weighted by atomic mass is 16.7. The Morgan fingerprint density at radius 1 is 0.544 bits per heavy atom. The number of phenolic OH excluding ortho intramolecular Hbond substituents is 3. The number of aliphatic hydroxyl groups excluding tert-OH is 2. The summed E-state index contributed by atoms with van der Waals surface area (Å²) in [4.78, 5) is 33.0. The van der Waals surface area contributed by atoms with E-state index in [0.29, 0.717) is 0 Å². The van der Waals surface area contributed by atoms with Gasteiger partial charge in [0.15, 0.2) is 11.4 Å². The van der Waals surface area contributed by atoms with Gasteiger partial charge >= 0.3 is 11.9 Å². The lowest BCUT2D eigenvalue weighted by atomic mass is 9.75. The van der Waals surface area contributed by atoms with Crippen LogP contribution >= 0.6 is 0 Å². The molecule has 11 nitrogen and oxygen atoms in total. The number of aliphatic hydroxyl groups is 2. The van der Waals surface area contributed by atoms with Crippen LogP contribution in [0.15, 0.2) is 41.4 Å². The zero-order chi connectivity index (χ0) is 52.0. The van der Waals surface area contributed by atoms with Gasteiger partial charge in [0, 0.05) is 12.8 Å². The van der Waals surface area contributed by atoms with Gasteiger partial charge in [-0.1, -0.05) is 161 Å². The first kappa shape index (κ1) is 56.0. The molecule has 1 aliphatic rings. The maximum Gasteiger partial charge on any atom is 0.309 e. The molecule has 0 fully saturated rings. The largest absolute Gasteiger partial charge is 0.507 e. The second-order valence-electron chi connectivity index (χ2n) is 25.8. The van der Waals surface area contributed by atoms with Gasteiger partial charge in [0.2, 0.25) is 0 Å². The van der Waals surface area contributed by atoms with Gasteiger partial charge in [0.05, 0.1) is 18.6 Å². The number of carbonyl (C=O) groups is 2. The first-order valence-corrected chi connectivity index (χ1v) is 24.2. The number of hydrogen-bond donors (Lipinski definition) is 5. The SMILES string of the molecule is CC(C)(C)c1cc(CCC(=O)OC(OC(=O)CCc2cc(C(C)(C)C)c(O)c(C(C)(C)C)c2)C2(C)COC(C(CO)(CO)Cc3cc(C(C)(C)C)c(O)c(C(C)(C)C)c3)=N2)cc(C(C)(C)C)c1O. The lowest BCUT2D eigenvalue weighted by Crippen LogP contribution is -2.45. The Balaban J connectivity index is 1.75. The van der Waals surface area contributed by atoms with E-state index in [1.807, 2.05) is 161 Å². The zero-order valence-electron chi connectivity index (χ0n) is 44.9. The number of aliphatic imine (C=N–C) groups is 1. The van der Waals surface area contributed by atoms with Crippen molar-refractivity contribution in [2.24, 2.45) is 10.4 Å². The van der Waals surface area contributed by atoms with Crippen molar-refractivity contribution < 1.29 is 49.3 Å². The number of aryl methyl sites for hydroxylation is 2. The van der Waals surface area contributed by atoms with Gasteiger partial charge in [-0.15, -0.1) is 0 Å². The molecule has 0 saturated heterocycles. The van der Waals surface area contributed by atoms with Gasteiger partial charge in [-0.2, -0.15) is 0 Å². The number of ether oxygens (including phenoxy) is 3. The van der Waals surface area contributed by atoms with E-state index in [1.165, 1.54) is 0 Å². The summed E-state index contributed by atoms with van der Waals surface area (Å²) in [6.45, 7) is 36.7. The Hall–Kier alpha value is -4.61. The van der Waals surface area contributed by atoms with Gasteiger partial charge in [-0.25, -0.2) is 4.99 Å². The van der Waals surface area contributed by atoms with E-state index in [2.05, 4.69) is 0 Å². The second-order valence-corrected chi connectivity index (χ2v) is 25.8. The summed E-state index contributed by atoms with van der Waals surface area (Å²) in [6, 6.07) is 11.5. The molecule has 0 aromatic heterocycles. The van der Waals surface area contributed by atoms with Crippen LogP contribution in [0.1, 0.15) is 194 Å². The Labute approximate surface area is 407 Å². The molecule has 1 unspecified atom stereocenters. The Kier molecular flexibility index (Phi) is 16.2. The summed E-state index contributed by atoms with van der Waals surface area (Å²) >= 11 is 0. The fourth-order valence-electron chi connectivity index (χ4n) is 8.70. The molecule has 0 amide bonds. The molecule has 0 aliphatic carbocycles. The minimum atomic E-state index is -1.56. The van der Waals surface area contributed by atoms with Crippen molar-refractivity contribution in [2.45, 2.75) is 208 Å². The molecule has 0 radical (unpaired) electrons. The van der Waals surface area contributed by atoms with Gasteiger partial charge in [-0.3, -0.25) is 9.59 Å². The summed E-state index contributed by atoms with van der Waals surface area (Å²) in [5, 5.41) is 56.3. The van der Waals surface area contributed by atoms with E-state index in [4.69, 9.17) is 19.2 Å².